The van der Waals surface area contributed by atoms with Crippen LogP contribution in [-0.2, 0) is 0 Å². The molecule has 1 aromatic rings. The van der Waals surface area contributed by atoms with Gasteiger partial charge in [0.25, 0.3) is 0 Å². The van der Waals surface area contributed by atoms with Gasteiger partial charge in [0, 0.05) is 11.6 Å². The molecule has 1 N–H and O–H groups in total. The number of rotatable bonds is 1. The van der Waals surface area contributed by atoms with Gasteiger partial charge in [0.05, 0.1) is 10.2 Å². The van der Waals surface area contributed by atoms with Gasteiger partial charge in [0.2, 0.25) is 0 Å². The van der Waals surface area contributed by atoms with E-state index in [4.69, 9.17) is 4.74 Å². The lowest BCUT2D eigenvalue weighted by Crippen LogP contribution is -2.15. The van der Waals surface area contributed by atoms with Crippen LogP contribution in [0.25, 0.3) is 0 Å². The molecule has 14 heavy (non-hydrogen) atoms. The number of fused-ring (bicyclic) bond motifs is 1. The van der Waals surface area contributed by atoms with Crippen molar-refractivity contribution in [3.8, 4) is 5.75 Å². The van der Waals surface area contributed by atoms with Gasteiger partial charge in [-0.05, 0) is 48.5 Å². The summed E-state index contributed by atoms with van der Waals surface area (Å²) in [6.45, 7) is 0.838. The van der Waals surface area contributed by atoms with Crippen molar-refractivity contribution in [2.75, 3.05) is 13.7 Å². The van der Waals surface area contributed by atoms with E-state index in [1.54, 1.807) is 0 Å². The predicted molar refractivity (Wildman–Crippen MR) is 65.7 cm³/mol. The Morgan fingerprint density at radius 1 is 1.50 bits per heavy atom. The summed E-state index contributed by atoms with van der Waals surface area (Å²) >= 11 is 2.33. The molecule has 0 saturated carbocycles. The molecule has 76 valence electrons. The van der Waals surface area contributed by atoms with Gasteiger partial charge >= 0.3 is 0 Å². The first-order chi connectivity index (χ1) is 6.83. The fraction of sp³-hybridized carbons (Fsp3) is 0.455. The summed E-state index contributed by atoms with van der Waals surface area (Å²) in [5.41, 5.74) is 1.30. The van der Waals surface area contributed by atoms with Crippen molar-refractivity contribution in [3.05, 3.63) is 27.3 Å². The summed E-state index contributed by atoms with van der Waals surface area (Å²) in [6, 6.07) is 6.79. The molecule has 2 nitrogen and oxygen atoms in total. The Labute approximate surface area is 98.2 Å². The van der Waals surface area contributed by atoms with Crippen LogP contribution in [0.15, 0.2) is 18.2 Å². The first-order valence-electron chi connectivity index (χ1n) is 4.91. The molecule has 1 atom stereocenters. The zero-order valence-electron chi connectivity index (χ0n) is 8.22. The van der Waals surface area contributed by atoms with Crippen LogP contribution in [0.1, 0.15) is 24.4 Å². The standard InChI is InChI=1S/C11H14INO/c1-13-10-6-3-7-14-11-8(10)4-2-5-9(11)12/h2,4-5,10,13H,3,6-7H2,1H3. The Morgan fingerprint density at radius 3 is 3.14 bits per heavy atom. The topological polar surface area (TPSA) is 21.3 Å². The van der Waals surface area contributed by atoms with Crippen molar-refractivity contribution in [2.45, 2.75) is 18.9 Å². The van der Waals surface area contributed by atoms with Gasteiger partial charge in [-0.1, -0.05) is 12.1 Å². The minimum atomic E-state index is 0.446. The van der Waals surface area contributed by atoms with Gasteiger partial charge in [0.1, 0.15) is 5.75 Å². The number of ether oxygens (including phenoxy) is 1. The van der Waals surface area contributed by atoms with Crippen LogP contribution >= 0.6 is 22.6 Å². The molecule has 3 heteroatoms. The van der Waals surface area contributed by atoms with Crippen LogP contribution in [0.5, 0.6) is 5.75 Å². The van der Waals surface area contributed by atoms with Crippen molar-refractivity contribution in [3.63, 3.8) is 0 Å². The van der Waals surface area contributed by atoms with Gasteiger partial charge in [-0.25, -0.2) is 0 Å². The Morgan fingerprint density at radius 2 is 2.36 bits per heavy atom. The van der Waals surface area contributed by atoms with E-state index in [0.29, 0.717) is 6.04 Å². The number of para-hydroxylation sites is 1. The number of hydrogen-bond donors (Lipinski definition) is 1. The highest BCUT2D eigenvalue weighted by atomic mass is 127. The van der Waals surface area contributed by atoms with Gasteiger partial charge in [-0.15, -0.1) is 0 Å². The fourth-order valence-corrected chi connectivity index (χ4v) is 2.54. The summed E-state index contributed by atoms with van der Waals surface area (Å²) < 4.78 is 6.97. The molecule has 1 aromatic carbocycles. The zero-order chi connectivity index (χ0) is 9.97. The highest BCUT2D eigenvalue weighted by Crippen LogP contribution is 2.34. The summed E-state index contributed by atoms with van der Waals surface area (Å²) in [7, 11) is 2.01. The Kier molecular flexibility index (Phi) is 3.28. The minimum Gasteiger partial charge on any atom is -0.492 e. The third-order valence-corrected chi connectivity index (χ3v) is 3.45. The second-order valence-electron chi connectivity index (χ2n) is 3.49. The van der Waals surface area contributed by atoms with Crippen molar-refractivity contribution in [2.24, 2.45) is 0 Å². The maximum atomic E-state index is 5.76. The summed E-state index contributed by atoms with van der Waals surface area (Å²) in [6.07, 6.45) is 2.28. The van der Waals surface area contributed by atoms with Crippen LogP contribution in [0.3, 0.4) is 0 Å². The lowest BCUT2D eigenvalue weighted by Gasteiger charge is -2.16. The fourth-order valence-electron chi connectivity index (χ4n) is 1.87. The molecule has 0 spiro atoms. The average molecular weight is 303 g/mol. The molecule has 0 amide bonds. The van der Waals surface area contributed by atoms with Crippen LogP contribution < -0.4 is 10.1 Å². The van der Waals surface area contributed by atoms with Gasteiger partial charge < -0.3 is 10.1 Å². The molecule has 0 fully saturated rings. The van der Waals surface area contributed by atoms with E-state index in [2.05, 4.69) is 46.1 Å². The van der Waals surface area contributed by atoms with E-state index in [1.165, 1.54) is 9.13 Å². The first-order valence-corrected chi connectivity index (χ1v) is 5.99. The Balaban J connectivity index is 2.44. The van der Waals surface area contributed by atoms with E-state index >= 15 is 0 Å². The lowest BCUT2D eigenvalue weighted by molar-refractivity contribution is 0.313. The summed E-state index contributed by atoms with van der Waals surface area (Å²) in [5, 5.41) is 3.34. The normalized spacial score (nSPS) is 20.9. The zero-order valence-corrected chi connectivity index (χ0v) is 10.4. The largest absolute Gasteiger partial charge is 0.492 e. The summed E-state index contributed by atoms with van der Waals surface area (Å²) in [5.74, 6) is 1.07. The minimum absolute atomic E-state index is 0.446. The molecule has 0 bridgehead atoms. The highest BCUT2D eigenvalue weighted by Gasteiger charge is 2.19. The SMILES string of the molecule is CNC1CCCOc2c(I)cccc21. The second kappa shape index (κ2) is 4.49. The predicted octanol–water partition coefficient (Wildman–Crippen LogP) is 2.72. The maximum Gasteiger partial charge on any atom is 0.137 e. The first kappa shape index (κ1) is 10.2. The van der Waals surface area contributed by atoms with Crippen LogP contribution in [0.4, 0.5) is 0 Å². The Bertz CT molecular complexity index is 327. The van der Waals surface area contributed by atoms with Gasteiger partial charge in [0.15, 0.2) is 0 Å². The van der Waals surface area contributed by atoms with E-state index in [1.807, 2.05) is 7.05 Å². The van der Waals surface area contributed by atoms with Crippen molar-refractivity contribution in [1.82, 2.24) is 5.32 Å². The summed E-state index contributed by atoms with van der Waals surface area (Å²) in [4.78, 5) is 0. The molecule has 1 unspecified atom stereocenters. The van der Waals surface area contributed by atoms with Crippen molar-refractivity contribution < 1.29 is 4.74 Å². The van der Waals surface area contributed by atoms with Crippen molar-refractivity contribution >= 4 is 22.6 Å². The highest BCUT2D eigenvalue weighted by molar-refractivity contribution is 14.1. The second-order valence-corrected chi connectivity index (χ2v) is 4.65. The lowest BCUT2D eigenvalue weighted by atomic mass is 10.0. The third kappa shape index (κ3) is 1.88. The van der Waals surface area contributed by atoms with E-state index < -0.39 is 0 Å². The monoisotopic (exact) mass is 303 g/mol. The average Bonchev–Trinajstić information content (AvgIpc) is 2.40. The van der Waals surface area contributed by atoms with Gasteiger partial charge in [-0.2, -0.15) is 0 Å². The molecule has 0 aliphatic carbocycles. The maximum absolute atomic E-state index is 5.76. The Hall–Kier alpha value is -0.290. The van der Waals surface area contributed by atoms with E-state index in [-0.39, 0.29) is 0 Å². The quantitative estimate of drug-likeness (QED) is 0.806. The van der Waals surface area contributed by atoms with Crippen LogP contribution in [-0.4, -0.2) is 13.7 Å². The molecule has 0 saturated heterocycles. The van der Waals surface area contributed by atoms with Crippen molar-refractivity contribution in [1.29, 1.82) is 0 Å². The van der Waals surface area contributed by atoms with E-state index in [9.17, 15) is 0 Å². The number of halogens is 1. The number of nitrogens with one attached hydrogen (secondary N) is 1. The molecule has 1 aliphatic heterocycles. The number of benzene rings is 1. The van der Waals surface area contributed by atoms with Crippen LogP contribution in [0.2, 0.25) is 0 Å². The molecule has 1 heterocycles. The van der Waals surface area contributed by atoms with Crippen LogP contribution in [0, 0.1) is 3.57 Å². The van der Waals surface area contributed by atoms with E-state index in [0.717, 1.165) is 25.2 Å². The molecule has 0 radical (unpaired) electrons. The molecule has 0 aromatic heterocycles. The molecular formula is C11H14INO. The third-order valence-electron chi connectivity index (χ3n) is 2.60. The smallest absolute Gasteiger partial charge is 0.137 e. The molecule has 2 rings (SSSR count). The molecular weight excluding hydrogens is 289 g/mol. The van der Waals surface area contributed by atoms with Gasteiger partial charge in [-0.3, -0.25) is 0 Å². The number of hydrogen-bond acceptors (Lipinski definition) is 2. The molecule has 1 aliphatic rings.